The molecule has 36 heavy (non-hydrogen) atoms. The Hall–Kier alpha value is -3.34. The molecule has 5 heteroatoms. The van der Waals surface area contributed by atoms with Crippen LogP contribution < -0.4 is 16.0 Å². The highest BCUT2D eigenvalue weighted by Gasteiger charge is 2.33. The topological polar surface area (TPSA) is 66.1 Å². The molecule has 1 aromatic heterocycles. The summed E-state index contributed by atoms with van der Waals surface area (Å²) in [5.74, 6) is 0.656. The smallest absolute Gasteiger partial charge is 0.319 e. The fourth-order valence-electron chi connectivity index (χ4n) is 5.33. The molecule has 2 aromatic carbocycles. The molecule has 3 aromatic rings. The van der Waals surface area contributed by atoms with Crippen molar-refractivity contribution in [3.05, 3.63) is 78.1 Å². The Morgan fingerprint density at radius 1 is 0.889 bits per heavy atom. The predicted octanol–water partition coefficient (Wildman–Crippen LogP) is 7.93. The van der Waals surface area contributed by atoms with Gasteiger partial charge in [0.2, 0.25) is 0 Å². The van der Waals surface area contributed by atoms with Crippen LogP contribution in [0.5, 0.6) is 0 Å². The lowest BCUT2D eigenvalue weighted by molar-refractivity contribution is 0.244. The van der Waals surface area contributed by atoms with Gasteiger partial charge in [0, 0.05) is 41.4 Å². The standard InChI is InChI=1S/C31H40N4O/c1-22(2)25-14-10-15-26(23(3)4)29(25)34-30(36)33-21-31(17-8-5-9-18-31)35-28-16-7-6-13-27(28)24-12-11-19-32-20-24/h6-7,10-16,19-20,22-23,35H,5,8-9,17-18,21H2,1-4H3,(H2,33,34,36). The Balaban J connectivity index is 1.53. The van der Waals surface area contributed by atoms with Crippen LogP contribution in [0.3, 0.4) is 0 Å². The van der Waals surface area contributed by atoms with E-state index in [2.05, 4.69) is 97.2 Å². The van der Waals surface area contributed by atoms with Gasteiger partial charge < -0.3 is 16.0 Å². The van der Waals surface area contributed by atoms with Gasteiger partial charge in [0.25, 0.3) is 0 Å². The second kappa shape index (κ2) is 11.6. The van der Waals surface area contributed by atoms with Crippen molar-refractivity contribution in [3.63, 3.8) is 0 Å². The largest absolute Gasteiger partial charge is 0.377 e. The normalized spacial score (nSPS) is 15.1. The summed E-state index contributed by atoms with van der Waals surface area (Å²) in [5, 5.41) is 10.3. The van der Waals surface area contributed by atoms with Crippen LogP contribution in [0.4, 0.5) is 16.2 Å². The van der Waals surface area contributed by atoms with E-state index in [1.165, 1.54) is 17.5 Å². The fourth-order valence-corrected chi connectivity index (χ4v) is 5.33. The van der Waals surface area contributed by atoms with Gasteiger partial charge in [0.05, 0.1) is 5.54 Å². The molecule has 3 N–H and O–H groups in total. The highest BCUT2D eigenvalue weighted by atomic mass is 16.2. The van der Waals surface area contributed by atoms with Gasteiger partial charge in [-0.1, -0.05) is 89.4 Å². The van der Waals surface area contributed by atoms with Gasteiger partial charge in [-0.25, -0.2) is 4.79 Å². The Morgan fingerprint density at radius 3 is 2.22 bits per heavy atom. The van der Waals surface area contributed by atoms with E-state index >= 15 is 0 Å². The van der Waals surface area contributed by atoms with Crippen LogP contribution in [-0.2, 0) is 0 Å². The van der Waals surface area contributed by atoms with E-state index in [9.17, 15) is 4.79 Å². The number of para-hydroxylation sites is 2. The lowest BCUT2D eigenvalue weighted by Gasteiger charge is -2.40. The fraction of sp³-hybridized carbons (Fsp3) is 0.419. The molecule has 2 amide bonds. The third-order valence-corrected chi connectivity index (χ3v) is 7.31. The van der Waals surface area contributed by atoms with E-state index in [1.54, 1.807) is 6.20 Å². The van der Waals surface area contributed by atoms with Crippen LogP contribution in [0, 0.1) is 0 Å². The average molecular weight is 485 g/mol. The maximum atomic E-state index is 13.2. The monoisotopic (exact) mass is 484 g/mol. The van der Waals surface area contributed by atoms with Crippen molar-refractivity contribution in [2.24, 2.45) is 0 Å². The zero-order valence-electron chi connectivity index (χ0n) is 22.1. The molecule has 1 aliphatic carbocycles. The van der Waals surface area contributed by atoms with Gasteiger partial charge in [0.15, 0.2) is 0 Å². The molecule has 1 heterocycles. The predicted molar refractivity (Wildman–Crippen MR) is 151 cm³/mol. The summed E-state index contributed by atoms with van der Waals surface area (Å²) in [6.07, 6.45) is 9.28. The van der Waals surface area contributed by atoms with Crippen molar-refractivity contribution in [1.82, 2.24) is 10.3 Å². The van der Waals surface area contributed by atoms with Gasteiger partial charge in [0.1, 0.15) is 0 Å². The molecule has 0 spiro atoms. The van der Waals surface area contributed by atoms with Gasteiger partial charge in [-0.2, -0.15) is 0 Å². The number of carbonyl (C=O) groups is 1. The first-order chi connectivity index (χ1) is 17.4. The molecular formula is C31H40N4O. The minimum Gasteiger partial charge on any atom is -0.377 e. The van der Waals surface area contributed by atoms with E-state index in [0.29, 0.717) is 18.4 Å². The van der Waals surface area contributed by atoms with E-state index in [4.69, 9.17) is 0 Å². The number of hydrogen-bond acceptors (Lipinski definition) is 3. The molecule has 0 aliphatic heterocycles. The summed E-state index contributed by atoms with van der Waals surface area (Å²) in [6.45, 7) is 9.25. The molecule has 0 radical (unpaired) electrons. The first kappa shape index (κ1) is 25.7. The lowest BCUT2D eigenvalue weighted by Crippen LogP contribution is -2.51. The molecule has 1 aliphatic rings. The third-order valence-electron chi connectivity index (χ3n) is 7.31. The summed E-state index contributed by atoms with van der Waals surface area (Å²) in [7, 11) is 0. The molecule has 5 nitrogen and oxygen atoms in total. The van der Waals surface area contributed by atoms with Crippen LogP contribution in [0.15, 0.2) is 67.0 Å². The summed E-state index contributed by atoms with van der Waals surface area (Å²) < 4.78 is 0. The Labute approximate surface area is 216 Å². The zero-order valence-corrected chi connectivity index (χ0v) is 22.1. The van der Waals surface area contributed by atoms with Gasteiger partial charge >= 0.3 is 6.03 Å². The van der Waals surface area contributed by atoms with Gasteiger partial charge in [-0.15, -0.1) is 0 Å². The van der Waals surface area contributed by atoms with Crippen molar-refractivity contribution < 1.29 is 4.79 Å². The molecule has 0 saturated heterocycles. The van der Waals surface area contributed by atoms with E-state index in [0.717, 1.165) is 48.2 Å². The van der Waals surface area contributed by atoms with Crippen LogP contribution in [0.25, 0.3) is 11.1 Å². The number of aromatic nitrogens is 1. The third kappa shape index (κ3) is 6.07. The van der Waals surface area contributed by atoms with Gasteiger partial charge in [-0.05, 0) is 47.9 Å². The van der Waals surface area contributed by atoms with E-state index in [1.807, 2.05) is 12.3 Å². The number of carbonyl (C=O) groups excluding carboxylic acids is 1. The molecular weight excluding hydrogens is 444 g/mol. The van der Waals surface area contributed by atoms with Crippen molar-refractivity contribution in [2.75, 3.05) is 17.2 Å². The first-order valence-electron chi connectivity index (χ1n) is 13.3. The second-order valence-corrected chi connectivity index (χ2v) is 10.7. The van der Waals surface area contributed by atoms with Crippen LogP contribution in [0.1, 0.15) is 82.8 Å². The SMILES string of the molecule is CC(C)c1cccc(C(C)C)c1NC(=O)NCC1(Nc2ccccc2-c2cccnc2)CCCCC1. The van der Waals surface area contributed by atoms with E-state index in [-0.39, 0.29) is 11.6 Å². The average Bonchev–Trinajstić information content (AvgIpc) is 2.89. The molecule has 0 atom stereocenters. The summed E-state index contributed by atoms with van der Waals surface area (Å²) in [5.41, 5.74) is 6.41. The quantitative estimate of drug-likeness (QED) is 0.304. The number of nitrogens with zero attached hydrogens (tertiary/aromatic N) is 1. The zero-order chi connectivity index (χ0) is 25.5. The van der Waals surface area contributed by atoms with E-state index < -0.39 is 0 Å². The number of benzene rings is 2. The number of pyridine rings is 1. The molecule has 1 saturated carbocycles. The summed E-state index contributed by atoms with van der Waals surface area (Å²) in [4.78, 5) is 17.5. The van der Waals surface area contributed by atoms with Crippen molar-refractivity contribution in [1.29, 1.82) is 0 Å². The summed E-state index contributed by atoms with van der Waals surface area (Å²) >= 11 is 0. The van der Waals surface area contributed by atoms with Crippen LogP contribution >= 0.6 is 0 Å². The van der Waals surface area contributed by atoms with Crippen molar-refractivity contribution in [3.8, 4) is 11.1 Å². The van der Waals surface area contributed by atoms with Crippen LogP contribution in [-0.4, -0.2) is 23.1 Å². The minimum atomic E-state index is -0.188. The van der Waals surface area contributed by atoms with Crippen LogP contribution in [0.2, 0.25) is 0 Å². The highest BCUT2D eigenvalue weighted by Crippen LogP contribution is 2.36. The number of amides is 2. The Kier molecular flexibility index (Phi) is 8.29. The number of rotatable bonds is 8. The molecule has 1 fully saturated rings. The Morgan fingerprint density at radius 2 is 1.58 bits per heavy atom. The Bertz CT molecular complexity index is 1120. The number of anilines is 2. The lowest BCUT2D eigenvalue weighted by atomic mass is 9.81. The minimum absolute atomic E-state index is 0.141. The summed E-state index contributed by atoms with van der Waals surface area (Å²) in [6, 6.07) is 18.6. The second-order valence-electron chi connectivity index (χ2n) is 10.7. The first-order valence-corrected chi connectivity index (χ1v) is 13.3. The van der Waals surface area contributed by atoms with Crippen molar-refractivity contribution in [2.45, 2.75) is 77.2 Å². The molecule has 0 bridgehead atoms. The number of hydrogen-bond donors (Lipinski definition) is 3. The molecule has 190 valence electrons. The molecule has 4 rings (SSSR count). The highest BCUT2D eigenvalue weighted by molar-refractivity contribution is 5.91. The number of urea groups is 1. The van der Waals surface area contributed by atoms with Crippen molar-refractivity contribution >= 4 is 17.4 Å². The van der Waals surface area contributed by atoms with Gasteiger partial charge in [-0.3, -0.25) is 4.98 Å². The maximum Gasteiger partial charge on any atom is 0.319 e. The molecule has 0 unspecified atom stereocenters. The maximum absolute atomic E-state index is 13.2. The number of nitrogens with one attached hydrogen (secondary N) is 3.